The minimum absolute atomic E-state index is 0.171. The van der Waals surface area contributed by atoms with E-state index in [9.17, 15) is 4.79 Å². The normalized spacial score (nSPS) is 10.7. The Bertz CT molecular complexity index is 729. The maximum absolute atomic E-state index is 10.7. The van der Waals surface area contributed by atoms with Crippen molar-refractivity contribution in [3.05, 3.63) is 53.3 Å². The minimum Gasteiger partial charge on any atom is -0.478 e. The molecule has 0 unspecified atom stereocenters. The summed E-state index contributed by atoms with van der Waals surface area (Å²) in [6.45, 7) is 0.461. The molecule has 0 saturated heterocycles. The Hall–Kier alpha value is -2.27. The fourth-order valence-electron chi connectivity index (χ4n) is 1.85. The number of carboxylic acid groups (broad SMARTS) is 1. The number of fused-ring (bicyclic) bond motifs is 1. The van der Waals surface area contributed by atoms with Crippen LogP contribution in [-0.2, 0) is 6.54 Å². The summed E-state index contributed by atoms with van der Waals surface area (Å²) in [5.74, 6) is -0.377. The van der Waals surface area contributed by atoms with Gasteiger partial charge in [0.1, 0.15) is 12.0 Å². The zero-order valence-corrected chi connectivity index (χ0v) is 10.7. The van der Waals surface area contributed by atoms with Gasteiger partial charge in [-0.05, 0) is 41.1 Å². The van der Waals surface area contributed by atoms with Crippen LogP contribution in [0.15, 0.2) is 46.4 Å². The summed E-state index contributed by atoms with van der Waals surface area (Å²) in [5.41, 5.74) is 1.16. The standard InChI is InChI=1S/C14H11NO3S/c16-14(17)10-6-12(18-8-10)7-15-11-1-2-13-9(5-11)3-4-19-13/h1-6,8,15H,7H2,(H,16,17). The first-order valence-corrected chi connectivity index (χ1v) is 6.62. The third-order valence-corrected chi connectivity index (χ3v) is 3.72. The monoisotopic (exact) mass is 273 g/mol. The smallest absolute Gasteiger partial charge is 0.338 e. The molecule has 0 aliphatic rings. The van der Waals surface area contributed by atoms with Crippen LogP contribution < -0.4 is 5.32 Å². The van der Waals surface area contributed by atoms with Gasteiger partial charge in [-0.2, -0.15) is 0 Å². The third-order valence-electron chi connectivity index (χ3n) is 2.82. The van der Waals surface area contributed by atoms with Crippen LogP contribution in [0.1, 0.15) is 16.1 Å². The molecule has 0 bridgehead atoms. The molecule has 5 heteroatoms. The molecular weight excluding hydrogens is 262 g/mol. The first-order valence-electron chi connectivity index (χ1n) is 5.74. The third kappa shape index (κ3) is 2.46. The van der Waals surface area contributed by atoms with Crippen molar-refractivity contribution in [1.29, 1.82) is 0 Å². The lowest BCUT2D eigenvalue weighted by Gasteiger charge is -2.04. The first-order chi connectivity index (χ1) is 9.22. The number of carbonyl (C=O) groups is 1. The van der Waals surface area contributed by atoms with Gasteiger partial charge in [-0.25, -0.2) is 4.79 Å². The molecule has 3 rings (SSSR count). The molecule has 0 saturated carbocycles. The molecule has 0 spiro atoms. The van der Waals surface area contributed by atoms with Crippen molar-refractivity contribution >= 4 is 33.1 Å². The Balaban J connectivity index is 1.72. The molecule has 0 amide bonds. The number of hydrogen-bond acceptors (Lipinski definition) is 4. The highest BCUT2D eigenvalue weighted by atomic mass is 32.1. The van der Waals surface area contributed by atoms with E-state index in [4.69, 9.17) is 9.52 Å². The van der Waals surface area contributed by atoms with Gasteiger partial charge in [0.15, 0.2) is 0 Å². The van der Waals surface area contributed by atoms with Crippen LogP contribution in [0.2, 0.25) is 0 Å². The lowest BCUT2D eigenvalue weighted by atomic mass is 10.2. The van der Waals surface area contributed by atoms with Crippen LogP contribution in [0.3, 0.4) is 0 Å². The van der Waals surface area contributed by atoms with Gasteiger partial charge in [0.2, 0.25) is 0 Å². The van der Waals surface area contributed by atoms with E-state index in [-0.39, 0.29) is 5.56 Å². The highest BCUT2D eigenvalue weighted by Crippen LogP contribution is 2.24. The second-order valence-electron chi connectivity index (χ2n) is 4.13. The molecule has 4 nitrogen and oxygen atoms in total. The van der Waals surface area contributed by atoms with Crippen molar-refractivity contribution in [2.75, 3.05) is 5.32 Å². The molecule has 19 heavy (non-hydrogen) atoms. The molecule has 96 valence electrons. The number of rotatable bonds is 4. The molecule has 0 aliphatic carbocycles. The number of carboxylic acids is 1. The second-order valence-corrected chi connectivity index (χ2v) is 5.08. The Morgan fingerprint density at radius 1 is 1.32 bits per heavy atom. The average Bonchev–Trinajstić information content (AvgIpc) is 3.04. The van der Waals surface area contributed by atoms with Gasteiger partial charge >= 0.3 is 5.97 Å². The topological polar surface area (TPSA) is 62.5 Å². The quantitative estimate of drug-likeness (QED) is 0.759. The van der Waals surface area contributed by atoms with E-state index in [1.165, 1.54) is 22.4 Å². The van der Waals surface area contributed by atoms with Crippen molar-refractivity contribution < 1.29 is 14.3 Å². The van der Waals surface area contributed by atoms with Crippen LogP contribution in [0.25, 0.3) is 10.1 Å². The van der Waals surface area contributed by atoms with Gasteiger partial charge in [0, 0.05) is 10.4 Å². The van der Waals surface area contributed by atoms with Crippen LogP contribution in [-0.4, -0.2) is 11.1 Å². The summed E-state index contributed by atoms with van der Waals surface area (Å²) in [6, 6.07) is 9.72. The van der Waals surface area contributed by atoms with Crippen molar-refractivity contribution in [1.82, 2.24) is 0 Å². The van der Waals surface area contributed by atoms with E-state index in [1.807, 2.05) is 6.07 Å². The first kappa shape index (κ1) is 11.8. The highest BCUT2D eigenvalue weighted by Gasteiger charge is 2.07. The molecule has 0 aliphatic heterocycles. The molecule has 2 heterocycles. The van der Waals surface area contributed by atoms with Gasteiger partial charge in [0.05, 0.1) is 12.1 Å². The number of anilines is 1. The summed E-state index contributed by atoms with van der Waals surface area (Å²) >= 11 is 1.71. The summed E-state index contributed by atoms with van der Waals surface area (Å²) in [6.07, 6.45) is 1.25. The Kier molecular flexibility index (Phi) is 2.97. The Morgan fingerprint density at radius 2 is 2.21 bits per heavy atom. The Morgan fingerprint density at radius 3 is 3.00 bits per heavy atom. The largest absolute Gasteiger partial charge is 0.478 e. The zero-order valence-electron chi connectivity index (χ0n) is 9.92. The lowest BCUT2D eigenvalue weighted by molar-refractivity contribution is 0.0696. The fourth-order valence-corrected chi connectivity index (χ4v) is 2.62. The molecule has 0 atom stereocenters. The molecular formula is C14H11NO3S. The number of thiophene rings is 1. The summed E-state index contributed by atoms with van der Waals surface area (Å²) in [5, 5.41) is 15.3. The maximum atomic E-state index is 10.7. The van der Waals surface area contributed by atoms with Crippen molar-refractivity contribution in [3.63, 3.8) is 0 Å². The maximum Gasteiger partial charge on any atom is 0.338 e. The van der Waals surface area contributed by atoms with Crippen LogP contribution >= 0.6 is 11.3 Å². The van der Waals surface area contributed by atoms with Crippen molar-refractivity contribution in [2.45, 2.75) is 6.54 Å². The fraction of sp³-hybridized carbons (Fsp3) is 0.0714. The number of hydrogen-bond donors (Lipinski definition) is 2. The van der Waals surface area contributed by atoms with E-state index >= 15 is 0 Å². The molecule has 2 aromatic heterocycles. The van der Waals surface area contributed by atoms with Gasteiger partial charge in [0.25, 0.3) is 0 Å². The predicted molar refractivity (Wildman–Crippen MR) is 74.8 cm³/mol. The minimum atomic E-state index is -0.977. The van der Waals surface area contributed by atoms with E-state index in [2.05, 4.69) is 28.9 Å². The second kappa shape index (κ2) is 4.78. The van der Waals surface area contributed by atoms with Gasteiger partial charge in [-0.15, -0.1) is 11.3 Å². The number of furan rings is 1. The zero-order chi connectivity index (χ0) is 13.2. The summed E-state index contributed by atoms with van der Waals surface area (Å²) in [4.78, 5) is 10.7. The average molecular weight is 273 g/mol. The molecule has 2 N–H and O–H groups in total. The number of nitrogens with one attached hydrogen (secondary N) is 1. The van der Waals surface area contributed by atoms with E-state index in [0.717, 1.165) is 5.69 Å². The van der Waals surface area contributed by atoms with Crippen molar-refractivity contribution in [2.24, 2.45) is 0 Å². The molecule has 0 fully saturated rings. The van der Waals surface area contributed by atoms with Crippen LogP contribution in [0.5, 0.6) is 0 Å². The Labute approximate surface area is 113 Å². The van der Waals surface area contributed by atoms with E-state index in [0.29, 0.717) is 12.3 Å². The van der Waals surface area contributed by atoms with E-state index < -0.39 is 5.97 Å². The van der Waals surface area contributed by atoms with Gasteiger partial charge < -0.3 is 14.8 Å². The lowest BCUT2D eigenvalue weighted by Crippen LogP contribution is -1.98. The highest BCUT2D eigenvalue weighted by molar-refractivity contribution is 7.17. The molecule has 3 aromatic rings. The summed E-state index contributed by atoms with van der Waals surface area (Å²) in [7, 11) is 0. The van der Waals surface area contributed by atoms with Crippen LogP contribution in [0, 0.1) is 0 Å². The predicted octanol–water partition coefficient (Wildman–Crippen LogP) is 3.80. The molecule has 0 radical (unpaired) electrons. The number of aromatic carboxylic acids is 1. The van der Waals surface area contributed by atoms with E-state index in [1.54, 1.807) is 11.3 Å². The molecule has 1 aromatic carbocycles. The van der Waals surface area contributed by atoms with Crippen molar-refractivity contribution in [3.8, 4) is 0 Å². The SMILES string of the molecule is O=C(O)c1coc(CNc2ccc3sccc3c2)c1. The van der Waals surface area contributed by atoms with Gasteiger partial charge in [-0.1, -0.05) is 0 Å². The number of benzene rings is 1. The van der Waals surface area contributed by atoms with Crippen LogP contribution in [0.4, 0.5) is 5.69 Å². The van der Waals surface area contributed by atoms with Gasteiger partial charge in [-0.3, -0.25) is 0 Å². The summed E-state index contributed by atoms with van der Waals surface area (Å²) < 4.78 is 6.43.